The van der Waals surface area contributed by atoms with Crippen LogP contribution in [0.5, 0.6) is 0 Å². The minimum Gasteiger partial charge on any atom is -0.318 e. The van der Waals surface area contributed by atoms with Gasteiger partial charge in [-0.15, -0.1) is 0 Å². The fraction of sp³-hybridized carbons (Fsp3) is 1.00. The molecule has 4 fully saturated rings. The lowest BCUT2D eigenvalue weighted by Gasteiger charge is -2.34. The first-order chi connectivity index (χ1) is 10.1. The van der Waals surface area contributed by atoms with E-state index >= 15 is 0 Å². The molecule has 120 valence electrons. The molecule has 3 aliphatic carbocycles. The molecule has 1 saturated heterocycles. The van der Waals surface area contributed by atoms with Crippen LogP contribution in [-0.2, 0) is 10.2 Å². The first kappa shape index (κ1) is 14.4. The molecule has 5 atom stereocenters. The molecular weight excluding hydrogens is 286 g/mol. The topological polar surface area (TPSA) is 61.4 Å². The smallest absolute Gasteiger partial charge is 0.280 e. The summed E-state index contributed by atoms with van der Waals surface area (Å²) in [6.07, 6.45) is 7.12. The van der Waals surface area contributed by atoms with Gasteiger partial charge in [-0.1, -0.05) is 6.42 Å². The molecule has 1 aliphatic heterocycles. The van der Waals surface area contributed by atoms with Gasteiger partial charge in [0.1, 0.15) is 0 Å². The minimum atomic E-state index is -3.31. The van der Waals surface area contributed by atoms with Crippen LogP contribution < -0.4 is 10.0 Å². The Morgan fingerprint density at radius 2 is 1.81 bits per heavy atom. The standard InChI is InChI=1S/C15H27N3O2S/c1-16-9-12-4-2-3-7-18(12)21(19,20)17-15-13-10-5-6-11(8-10)14(13)15/h10-17H,2-9H2,1H3. The third kappa shape index (κ3) is 2.35. The number of fused-ring (bicyclic) bond motifs is 5. The quantitative estimate of drug-likeness (QED) is 0.794. The zero-order chi connectivity index (χ0) is 14.6. The van der Waals surface area contributed by atoms with Crippen LogP contribution in [0.1, 0.15) is 38.5 Å². The van der Waals surface area contributed by atoms with Crippen LogP contribution in [0.25, 0.3) is 0 Å². The summed E-state index contributed by atoms with van der Waals surface area (Å²) in [5.41, 5.74) is 0. The number of hydrogen-bond acceptors (Lipinski definition) is 3. The van der Waals surface area contributed by atoms with Crippen molar-refractivity contribution in [1.82, 2.24) is 14.3 Å². The maximum atomic E-state index is 12.8. The van der Waals surface area contributed by atoms with Gasteiger partial charge in [0.25, 0.3) is 10.2 Å². The molecule has 5 unspecified atom stereocenters. The van der Waals surface area contributed by atoms with Crippen LogP contribution in [0, 0.1) is 23.7 Å². The summed E-state index contributed by atoms with van der Waals surface area (Å²) in [6.45, 7) is 1.43. The maximum absolute atomic E-state index is 12.8. The van der Waals surface area contributed by atoms with Crippen molar-refractivity contribution in [3.63, 3.8) is 0 Å². The van der Waals surface area contributed by atoms with E-state index in [1.807, 2.05) is 7.05 Å². The first-order valence-corrected chi connectivity index (χ1v) is 9.99. The van der Waals surface area contributed by atoms with Crippen LogP contribution in [0.3, 0.4) is 0 Å². The molecule has 2 N–H and O–H groups in total. The fourth-order valence-corrected chi connectivity index (χ4v) is 7.19. The van der Waals surface area contributed by atoms with Crippen molar-refractivity contribution >= 4 is 10.2 Å². The third-order valence-corrected chi connectivity index (χ3v) is 8.01. The Balaban J connectivity index is 1.44. The Hall–Kier alpha value is -0.170. The zero-order valence-electron chi connectivity index (χ0n) is 12.8. The van der Waals surface area contributed by atoms with Gasteiger partial charge in [-0.2, -0.15) is 17.4 Å². The molecule has 0 aromatic heterocycles. The number of piperidine rings is 1. The van der Waals surface area contributed by atoms with Crippen LogP contribution in [0.2, 0.25) is 0 Å². The lowest BCUT2D eigenvalue weighted by molar-refractivity contribution is 0.245. The van der Waals surface area contributed by atoms with Gasteiger partial charge in [-0.3, -0.25) is 0 Å². The zero-order valence-corrected chi connectivity index (χ0v) is 13.6. The molecule has 3 saturated carbocycles. The van der Waals surface area contributed by atoms with E-state index in [4.69, 9.17) is 0 Å². The van der Waals surface area contributed by atoms with Crippen LogP contribution in [-0.4, -0.2) is 44.9 Å². The highest BCUT2D eigenvalue weighted by atomic mass is 32.2. The van der Waals surface area contributed by atoms with Gasteiger partial charge in [0, 0.05) is 25.2 Å². The summed E-state index contributed by atoms with van der Waals surface area (Å²) >= 11 is 0. The Labute approximate surface area is 128 Å². The van der Waals surface area contributed by atoms with Crippen LogP contribution in [0.15, 0.2) is 0 Å². The molecule has 21 heavy (non-hydrogen) atoms. The van der Waals surface area contributed by atoms with E-state index in [0.29, 0.717) is 18.4 Å². The van der Waals surface area contributed by atoms with Gasteiger partial charge >= 0.3 is 0 Å². The lowest BCUT2D eigenvalue weighted by Crippen LogP contribution is -2.53. The first-order valence-electron chi connectivity index (χ1n) is 8.55. The van der Waals surface area contributed by atoms with E-state index in [-0.39, 0.29) is 12.1 Å². The molecule has 0 amide bonds. The van der Waals surface area contributed by atoms with E-state index < -0.39 is 10.2 Å². The largest absolute Gasteiger partial charge is 0.318 e. The summed E-state index contributed by atoms with van der Waals surface area (Å²) in [5, 5.41) is 3.14. The van der Waals surface area contributed by atoms with Crippen molar-refractivity contribution in [2.45, 2.75) is 50.6 Å². The molecule has 5 nitrogen and oxygen atoms in total. The molecule has 4 aliphatic rings. The van der Waals surface area contributed by atoms with Crippen molar-refractivity contribution in [2.75, 3.05) is 20.1 Å². The summed E-state index contributed by atoms with van der Waals surface area (Å²) in [7, 11) is -1.41. The van der Waals surface area contributed by atoms with E-state index in [1.165, 1.54) is 19.3 Å². The van der Waals surface area contributed by atoms with Crippen molar-refractivity contribution in [3.05, 3.63) is 0 Å². The van der Waals surface area contributed by atoms with Crippen molar-refractivity contribution in [2.24, 2.45) is 23.7 Å². The Morgan fingerprint density at radius 1 is 1.10 bits per heavy atom. The monoisotopic (exact) mass is 313 g/mol. The Morgan fingerprint density at radius 3 is 2.48 bits per heavy atom. The van der Waals surface area contributed by atoms with E-state index in [2.05, 4.69) is 10.0 Å². The van der Waals surface area contributed by atoms with Crippen molar-refractivity contribution in [1.29, 1.82) is 0 Å². The van der Waals surface area contributed by atoms with Gasteiger partial charge in [0.05, 0.1) is 0 Å². The second-order valence-corrected chi connectivity index (χ2v) is 9.11. The Kier molecular flexibility index (Phi) is 3.56. The van der Waals surface area contributed by atoms with Gasteiger partial charge in [-0.05, 0) is 62.8 Å². The molecule has 0 aromatic rings. The second kappa shape index (κ2) is 5.18. The predicted molar refractivity (Wildman–Crippen MR) is 81.9 cm³/mol. The van der Waals surface area contributed by atoms with Crippen molar-refractivity contribution < 1.29 is 8.42 Å². The maximum Gasteiger partial charge on any atom is 0.280 e. The summed E-state index contributed by atoms with van der Waals surface area (Å²) in [5.74, 6) is 2.93. The molecule has 0 aromatic carbocycles. The number of rotatable bonds is 5. The van der Waals surface area contributed by atoms with Crippen LogP contribution >= 0.6 is 0 Å². The number of hydrogen-bond donors (Lipinski definition) is 2. The molecule has 6 heteroatoms. The molecule has 4 rings (SSSR count). The predicted octanol–water partition coefficient (Wildman–Crippen LogP) is 0.939. The molecule has 0 spiro atoms. The second-order valence-electron chi connectivity index (χ2n) is 7.45. The highest BCUT2D eigenvalue weighted by molar-refractivity contribution is 7.87. The van der Waals surface area contributed by atoms with Crippen LogP contribution in [0.4, 0.5) is 0 Å². The average molecular weight is 313 g/mol. The van der Waals surface area contributed by atoms with Gasteiger partial charge in [0.2, 0.25) is 0 Å². The SMILES string of the molecule is CNCC1CCCCN1S(=O)(=O)NC1C2C3CCC(C3)C12. The molecular formula is C15H27N3O2S. The summed E-state index contributed by atoms with van der Waals surface area (Å²) < 4.78 is 30.3. The summed E-state index contributed by atoms with van der Waals surface area (Å²) in [4.78, 5) is 0. The summed E-state index contributed by atoms with van der Waals surface area (Å²) in [6, 6.07) is 0.370. The van der Waals surface area contributed by atoms with Gasteiger partial charge in [-0.25, -0.2) is 0 Å². The van der Waals surface area contributed by atoms with Gasteiger partial charge in [0.15, 0.2) is 0 Å². The average Bonchev–Trinajstić information content (AvgIpc) is 2.85. The molecule has 1 heterocycles. The lowest BCUT2D eigenvalue weighted by atomic mass is 10.0. The van der Waals surface area contributed by atoms with E-state index in [9.17, 15) is 8.42 Å². The number of likely N-dealkylation sites (N-methyl/N-ethyl adjacent to an activating group) is 1. The highest BCUT2D eigenvalue weighted by Gasteiger charge is 2.66. The third-order valence-electron chi connectivity index (χ3n) is 6.34. The number of nitrogens with one attached hydrogen (secondary N) is 2. The minimum absolute atomic E-state index is 0.122. The Bertz CT molecular complexity index is 491. The molecule has 2 bridgehead atoms. The van der Waals surface area contributed by atoms with Gasteiger partial charge < -0.3 is 5.32 Å². The normalized spacial score (nSPS) is 45.8. The van der Waals surface area contributed by atoms with Crippen molar-refractivity contribution in [3.8, 4) is 0 Å². The van der Waals surface area contributed by atoms with E-state index in [0.717, 1.165) is 37.6 Å². The van der Waals surface area contributed by atoms with E-state index in [1.54, 1.807) is 4.31 Å². The highest BCUT2D eigenvalue weighted by Crippen LogP contribution is 2.65. The number of nitrogens with zero attached hydrogens (tertiary/aromatic N) is 1. The fourth-order valence-electron chi connectivity index (χ4n) is 5.45. The molecule has 0 radical (unpaired) electrons.